The number of unbranched alkanes of at least 4 members (excludes halogenated alkanes) is 2. The molecule has 0 N–H and O–H groups in total. The van der Waals surface area contributed by atoms with Crippen LogP contribution in [0.1, 0.15) is 19.3 Å². The number of thioether (sulfide) groups is 2. The molecular weight excluding hydrogens is 389 g/mol. The molecule has 2 rings (SSSR count). The van der Waals surface area contributed by atoms with Crippen molar-refractivity contribution in [3.05, 3.63) is 17.0 Å². The molecule has 0 radical (unpaired) electrons. The van der Waals surface area contributed by atoms with E-state index in [9.17, 15) is 0 Å². The molecule has 0 amide bonds. The first kappa shape index (κ1) is 16.6. The van der Waals surface area contributed by atoms with Crippen molar-refractivity contribution in [3.63, 3.8) is 0 Å². The molecule has 0 saturated carbocycles. The Hall–Kier alpha value is 1.24. The molecule has 104 valence electrons. The zero-order valence-electron chi connectivity index (χ0n) is 9.96. The van der Waals surface area contributed by atoms with Crippen molar-refractivity contribution in [2.45, 2.75) is 27.7 Å². The fourth-order valence-electron chi connectivity index (χ4n) is 1.31. The van der Waals surface area contributed by atoms with Crippen LogP contribution >= 0.6 is 93.3 Å². The molecule has 2 aromatic rings. The van der Waals surface area contributed by atoms with Crippen LogP contribution in [0.25, 0.3) is 0 Å². The van der Waals surface area contributed by atoms with Crippen LogP contribution in [0.4, 0.5) is 0 Å². The van der Waals surface area contributed by atoms with E-state index in [0.717, 1.165) is 6.28 Å². The first-order valence-corrected chi connectivity index (χ1v) is 11.8. The number of hydrogen-bond donors (Lipinski definition) is 0. The number of hydrogen-bond acceptors (Lipinski definition) is 8. The van der Waals surface area contributed by atoms with Crippen molar-refractivity contribution in [2.75, 3.05) is 11.5 Å². The highest BCUT2D eigenvalue weighted by molar-refractivity contribution is 8.01. The predicted molar refractivity (Wildman–Crippen MR) is 101 cm³/mol. The average molecular weight is 401 g/mol. The van der Waals surface area contributed by atoms with Gasteiger partial charge in [0.2, 0.25) is 0 Å². The zero-order valence-corrected chi connectivity index (χ0v) is 16.5. The molecule has 0 saturated heterocycles. The van der Waals surface area contributed by atoms with Crippen LogP contribution in [0, 0.1) is 6.28 Å². The molecule has 8 heteroatoms. The van der Waals surface area contributed by atoms with Crippen LogP contribution in [0.2, 0.25) is 0 Å². The van der Waals surface area contributed by atoms with Gasteiger partial charge in [-0.15, -0.1) is 68.9 Å². The van der Waals surface area contributed by atoms with E-state index in [-0.39, 0.29) is 0 Å². The molecule has 0 bridgehead atoms. The standard InChI is InChI=1S/C11H12S8/c12-10-16-6-8(18-10)14-4-2-1-3-5-15-9-7-17-11(13)19-9/h6-7H,1-5H2. The van der Waals surface area contributed by atoms with E-state index in [4.69, 9.17) is 24.4 Å². The Bertz CT molecular complexity index is 534. The van der Waals surface area contributed by atoms with Gasteiger partial charge in [0.15, 0.2) is 0 Å². The Morgan fingerprint density at radius 1 is 0.789 bits per heavy atom. The van der Waals surface area contributed by atoms with Crippen molar-refractivity contribution >= 4 is 93.3 Å². The summed E-state index contributed by atoms with van der Waals surface area (Å²) in [6, 6.07) is 0. The Morgan fingerprint density at radius 3 is 1.63 bits per heavy atom. The van der Waals surface area contributed by atoms with Crippen LogP contribution < -0.4 is 0 Å². The Labute approximate surface area is 148 Å². The largest absolute Gasteiger partial charge is 0.144 e. The van der Waals surface area contributed by atoms with Gasteiger partial charge in [0, 0.05) is 10.8 Å². The molecular formula is C11H12S8. The molecule has 0 nitrogen and oxygen atoms in total. The van der Waals surface area contributed by atoms with Crippen molar-refractivity contribution in [1.29, 1.82) is 0 Å². The lowest BCUT2D eigenvalue weighted by Gasteiger charge is -1.99. The van der Waals surface area contributed by atoms with Gasteiger partial charge in [-0.25, -0.2) is 0 Å². The lowest BCUT2D eigenvalue weighted by molar-refractivity contribution is 0.786. The van der Waals surface area contributed by atoms with Gasteiger partial charge in [-0.2, -0.15) is 0 Å². The van der Waals surface area contributed by atoms with Crippen LogP contribution in [0.15, 0.2) is 19.2 Å². The molecule has 19 heavy (non-hydrogen) atoms. The lowest BCUT2D eigenvalue weighted by Crippen LogP contribution is -1.83. The van der Waals surface area contributed by atoms with E-state index in [1.165, 1.54) is 39.2 Å². The third-order valence-electron chi connectivity index (χ3n) is 2.15. The summed E-state index contributed by atoms with van der Waals surface area (Å²) < 4.78 is 4.83. The minimum Gasteiger partial charge on any atom is -0.120 e. The average Bonchev–Trinajstić information content (AvgIpc) is 2.97. The highest BCUT2D eigenvalue weighted by Crippen LogP contribution is 2.30. The predicted octanol–water partition coefficient (Wildman–Crippen LogP) is 7.45. The second kappa shape index (κ2) is 9.30. The summed E-state index contributed by atoms with van der Waals surface area (Å²) in [5, 5.41) is 4.36. The Morgan fingerprint density at radius 2 is 1.26 bits per heavy atom. The fraction of sp³-hybridized carbons (Fsp3) is 0.455. The maximum absolute atomic E-state index is 5.13. The Balaban J connectivity index is 1.50. The van der Waals surface area contributed by atoms with E-state index in [2.05, 4.69) is 10.8 Å². The quantitative estimate of drug-likeness (QED) is 0.256. The first-order chi connectivity index (χ1) is 9.24. The second-order valence-electron chi connectivity index (χ2n) is 3.57. The topological polar surface area (TPSA) is 0 Å². The van der Waals surface area contributed by atoms with Gasteiger partial charge in [-0.3, -0.25) is 0 Å². The van der Waals surface area contributed by atoms with E-state index in [0.29, 0.717) is 0 Å². The van der Waals surface area contributed by atoms with Crippen LogP contribution in [0.5, 0.6) is 0 Å². The Kier molecular flexibility index (Phi) is 8.13. The van der Waals surface area contributed by atoms with Crippen molar-refractivity contribution < 1.29 is 0 Å². The van der Waals surface area contributed by atoms with Gasteiger partial charge in [0.25, 0.3) is 0 Å². The van der Waals surface area contributed by atoms with E-state index in [1.54, 1.807) is 45.3 Å². The fourth-order valence-corrected chi connectivity index (χ4v) is 8.77. The van der Waals surface area contributed by atoms with Gasteiger partial charge in [-0.1, -0.05) is 30.9 Å². The highest BCUT2D eigenvalue weighted by atomic mass is 32.2. The summed E-state index contributed by atoms with van der Waals surface area (Å²) in [7, 11) is 0. The zero-order chi connectivity index (χ0) is 13.5. The highest BCUT2D eigenvalue weighted by Gasteiger charge is 1.99. The van der Waals surface area contributed by atoms with Gasteiger partial charge in [0.1, 0.15) is 6.28 Å². The summed E-state index contributed by atoms with van der Waals surface area (Å²) >= 11 is 21.0. The lowest BCUT2D eigenvalue weighted by atomic mass is 10.3. The SMILES string of the molecule is S=c1scc(SCCCCCSc2csc(=S)s2)s1. The monoisotopic (exact) mass is 400 g/mol. The van der Waals surface area contributed by atoms with Crippen molar-refractivity contribution in [1.82, 2.24) is 0 Å². The summed E-state index contributed by atoms with van der Waals surface area (Å²) in [5.41, 5.74) is 0. The van der Waals surface area contributed by atoms with Gasteiger partial charge in [-0.05, 0) is 24.3 Å². The van der Waals surface area contributed by atoms with E-state index < -0.39 is 0 Å². The van der Waals surface area contributed by atoms with E-state index >= 15 is 0 Å². The molecule has 0 atom stereocenters. The third kappa shape index (κ3) is 6.69. The normalized spacial score (nSPS) is 10.9. The van der Waals surface area contributed by atoms with Crippen molar-refractivity contribution in [3.8, 4) is 0 Å². The van der Waals surface area contributed by atoms with Crippen LogP contribution in [0.3, 0.4) is 0 Å². The van der Waals surface area contributed by atoms with Crippen LogP contribution in [-0.2, 0) is 0 Å². The maximum Gasteiger partial charge on any atom is 0.144 e. The molecule has 0 aromatic carbocycles. The first-order valence-electron chi connectivity index (χ1n) is 5.67. The smallest absolute Gasteiger partial charge is 0.120 e. The number of rotatable bonds is 8. The summed E-state index contributed by atoms with van der Waals surface area (Å²) in [6.07, 6.45) is 3.89. The minimum absolute atomic E-state index is 1.04. The molecule has 0 spiro atoms. The molecule has 2 aromatic heterocycles. The van der Waals surface area contributed by atoms with Crippen LogP contribution in [-0.4, -0.2) is 11.5 Å². The maximum atomic E-state index is 5.13. The summed E-state index contributed by atoms with van der Waals surface area (Å²) in [6.45, 7) is 0. The molecule has 0 unspecified atom stereocenters. The molecule has 0 aliphatic rings. The summed E-state index contributed by atoms with van der Waals surface area (Å²) in [4.78, 5) is 0. The third-order valence-corrected chi connectivity index (χ3v) is 9.96. The molecule has 0 aliphatic carbocycles. The van der Waals surface area contributed by atoms with Crippen molar-refractivity contribution in [2.24, 2.45) is 0 Å². The minimum atomic E-state index is 1.04. The molecule has 0 fully saturated rings. The van der Waals surface area contributed by atoms with E-state index in [1.807, 2.05) is 23.5 Å². The van der Waals surface area contributed by atoms with Gasteiger partial charge >= 0.3 is 0 Å². The molecule has 2 heterocycles. The van der Waals surface area contributed by atoms with Gasteiger partial charge in [0.05, 0.1) is 8.42 Å². The second-order valence-corrected chi connectivity index (χ2v) is 12.6. The molecule has 0 aliphatic heterocycles. The summed E-state index contributed by atoms with van der Waals surface area (Å²) in [5.74, 6) is 2.42. The van der Waals surface area contributed by atoms with Gasteiger partial charge < -0.3 is 0 Å².